The molecule has 0 aliphatic rings. The maximum Gasteiger partial charge on any atom is 0.274 e. The van der Waals surface area contributed by atoms with Gasteiger partial charge in [-0.3, -0.25) is 4.79 Å². The summed E-state index contributed by atoms with van der Waals surface area (Å²) in [7, 11) is 1.50. The number of anilines is 1. The topological polar surface area (TPSA) is 51.2 Å². The van der Waals surface area contributed by atoms with E-state index in [0.717, 1.165) is 6.07 Å². The highest BCUT2D eigenvalue weighted by Crippen LogP contribution is 2.26. The number of amides is 1. The Kier molecular flexibility index (Phi) is 3.97. The van der Waals surface area contributed by atoms with Gasteiger partial charge in [0.1, 0.15) is 11.4 Å². The molecule has 6 heteroatoms. The molecule has 0 aliphatic carbocycles. The maximum atomic E-state index is 12.9. The summed E-state index contributed by atoms with van der Waals surface area (Å²) in [5.41, 5.74) is 0.343. The number of carbonyl (C=O) groups is 1. The standard InChI is InChI=1S/C13H10ClFN2O2/c1-19-8-5-6-9(14)11(7-8)17-13(18)10-3-2-4-12(15)16-10/h2-7H,1H3,(H,17,18). The monoisotopic (exact) mass is 280 g/mol. The molecule has 1 aromatic carbocycles. The van der Waals surface area contributed by atoms with Gasteiger partial charge in [-0.15, -0.1) is 0 Å². The first-order valence-corrected chi connectivity index (χ1v) is 5.75. The number of methoxy groups -OCH3 is 1. The van der Waals surface area contributed by atoms with E-state index in [1.165, 1.54) is 19.2 Å². The molecular formula is C13H10ClFN2O2. The minimum atomic E-state index is -0.718. The minimum Gasteiger partial charge on any atom is -0.497 e. The molecule has 0 saturated carbocycles. The van der Waals surface area contributed by atoms with Crippen LogP contribution >= 0.6 is 11.6 Å². The number of benzene rings is 1. The van der Waals surface area contributed by atoms with Crippen LogP contribution in [-0.4, -0.2) is 18.0 Å². The van der Waals surface area contributed by atoms with E-state index in [1.54, 1.807) is 18.2 Å². The molecule has 0 fully saturated rings. The number of aromatic nitrogens is 1. The second-order valence-electron chi connectivity index (χ2n) is 3.65. The van der Waals surface area contributed by atoms with Crippen molar-refractivity contribution < 1.29 is 13.9 Å². The third-order valence-corrected chi connectivity index (χ3v) is 2.70. The lowest BCUT2D eigenvalue weighted by Crippen LogP contribution is -2.14. The summed E-state index contributed by atoms with van der Waals surface area (Å²) in [6, 6.07) is 8.80. The van der Waals surface area contributed by atoms with Gasteiger partial charge in [0.05, 0.1) is 17.8 Å². The van der Waals surface area contributed by atoms with E-state index >= 15 is 0 Å². The fraction of sp³-hybridized carbons (Fsp3) is 0.0769. The Morgan fingerprint density at radius 3 is 2.84 bits per heavy atom. The van der Waals surface area contributed by atoms with Gasteiger partial charge >= 0.3 is 0 Å². The van der Waals surface area contributed by atoms with Crippen molar-refractivity contribution >= 4 is 23.2 Å². The number of carbonyl (C=O) groups excluding carboxylic acids is 1. The van der Waals surface area contributed by atoms with Crippen LogP contribution in [-0.2, 0) is 0 Å². The number of pyridine rings is 1. The summed E-state index contributed by atoms with van der Waals surface area (Å²) >= 11 is 5.95. The lowest BCUT2D eigenvalue weighted by Gasteiger charge is -2.08. The van der Waals surface area contributed by atoms with Crippen molar-refractivity contribution in [2.45, 2.75) is 0 Å². The summed E-state index contributed by atoms with van der Waals surface area (Å²) in [6.45, 7) is 0. The second kappa shape index (κ2) is 5.67. The number of halogens is 2. The van der Waals surface area contributed by atoms with Gasteiger partial charge in [0.15, 0.2) is 0 Å². The first kappa shape index (κ1) is 13.3. The van der Waals surface area contributed by atoms with Crippen LogP contribution in [0.4, 0.5) is 10.1 Å². The van der Waals surface area contributed by atoms with Crippen molar-refractivity contribution in [3.63, 3.8) is 0 Å². The summed E-state index contributed by atoms with van der Waals surface area (Å²) < 4.78 is 18.0. The van der Waals surface area contributed by atoms with Crippen molar-refractivity contribution in [1.82, 2.24) is 4.98 Å². The molecule has 1 amide bonds. The molecule has 0 aliphatic heterocycles. The molecule has 0 bridgehead atoms. The molecule has 0 saturated heterocycles. The van der Waals surface area contributed by atoms with E-state index in [4.69, 9.17) is 16.3 Å². The molecule has 0 spiro atoms. The normalized spacial score (nSPS) is 10.1. The highest BCUT2D eigenvalue weighted by molar-refractivity contribution is 6.34. The molecule has 4 nitrogen and oxygen atoms in total. The van der Waals surface area contributed by atoms with E-state index < -0.39 is 11.9 Å². The number of rotatable bonds is 3. The molecule has 1 heterocycles. The molecule has 98 valence electrons. The zero-order valence-corrected chi connectivity index (χ0v) is 10.7. The van der Waals surface area contributed by atoms with Crippen LogP contribution in [0, 0.1) is 5.95 Å². The fourth-order valence-corrected chi connectivity index (χ4v) is 1.61. The summed E-state index contributed by atoms with van der Waals surface area (Å²) in [4.78, 5) is 15.4. The van der Waals surface area contributed by atoms with Gasteiger partial charge in [0.2, 0.25) is 5.95 Å². The summed E-state index contributed by atoms with van der Waals surface area (Å²) in [5, 5.41) is 2.90. The average Bonchev–Trinajstić information content (AvgIpc) is 2.41. The average molecular weight is 281 g/mol. The van der Waals surface area contributed by atoms with Crippen LogP contribution in [0.25, 0.3) is 0 Å². The molecule has 1 N–H and O–H groups in total. The molecule has 2 aromatic rings. The highest BCUT2D eigenvalue weighted by atomic mass is 35.5. The first-order valence-electron chi connectivity index (χ1n) is 5.37. The fourth-order valence-electron chi connectivity index (χ4n) is 1.45. The van der Waals surface area contributed by atoms with Crippen molar-refractivity contribution in [1.29, 1.82) is 0 Å². The molecule has 0 atom stereocenters. The Labute approximate surface area is 114 Å². The zero-order valence-electron chi connectivity index (χ0n) is 9.98. The lowest BCUT2D eigenvalue weighted by molar-refractivity contribution is 0.102. The van der Waals surface area contributed by atoms with Crippen LogP contribution < -0.4 is 10.1 Å². The van der Waals surface area contributed by atoms with E-state index in [2.05, 4.69) is 10.3 Å². The van der Waals surface area contributed by atoms with Crippen LogP contribution in [0.1, 0.15) is 10.5 Å². The second-order valence-corrected chi connectivity index (χ2v) is 4.05. The van der Waals surface area contributed by atoms with Gasteiger partial charge in [0, 0.05) is 6.07 Å². The number of hydrogen-bond acceptors (Lipinski definition) is 3. The van der Waals surface area contributed by atoms with Crippen molar-refractivity contribution in [3.8, 4) is 5.75 Å². The number of nitrogens with zero attached hydrogens (tertiary/aromatic N) is 1. The Morgan fingerprint density at radius 2 is 2.16 bits per heavy atom. The van der Waals surface area contributed by atoms with Gasteiger partial charge in [0.25, 0.3) is 5.91 Å². The maximum absolute atomic E-state index is 12.9. The van der Waals surface area contributed by atoms with E-state index in [0.29, 0.717) is 16.5 Å². The van der Waals surface area contributed by atoms with Gasteiger partial charge in [-0.1, -0.05) is 17.7 Å². The van der Waals surface area contributed by atoms with Crippen LogP contribution in [0.3, 0.4) is 0 Å². The molecular weight excluding hydrogens is 271 g/mol. The molecule has 0 radical (unpaired) electrons. The predicted molar refractivity (Wildman–Crippen MR) is 70.2 cm³/mol. The summed E-state index contributed by atoms with van der Waals surface area (Å²) in [6.07, 6.45) is 0. The molecule has 2 rings (SSSR count). The van der Waals surface area contributed by atoms with Crippen LogP contribution in [0.5, 0.6) is 5.75 Å². The Hall–Kier alpha value is -2.14. The number of ether oxygens (including phenoxy) is 1. The summed E-state index contributed by atoms with van der Waals surface area (Å²) in [5.74, 6) is -0.717. The molecule has 19 heavy (non-hydrogen) atoms. The molecule has 0 unspecified atom stereocenters. The third-order valence-electron chi connectivity index (χ3n) is 2.37. The minimum absolute atomic E-state index is 0.0288. The lowest BCUT2D eigenvalue weighted by atomic mass is 10.2. The van der Waals surface area contributed by atoms with Crippen molar-refractivity contribution in [2.24, 2.45) is 0 Å². The Morgan fingerprint density at radius 1 is 1.37 bits per heavy atom. The first-order chi connectivity index (χ1) is 9.10. The van der Waals surface area contributed by atoms with E-state index in [1.807, 2.05) is 0 Å². The number of hydrogen-bond donors (Lipinski definition) is 1. The Bertz CT molecular complexity index is 619. The van der Waals surface area contributed by atoms with E-state index in [9.17, 15) is 9.18 Å². The Balaban J connectivity index is 2.23. The smallest absolute Gasteiger partial charge is 0.274 e. The van der Waals surface area contributed by atoms with Crippen LogP contribution in [0.2, 0.25) is 5.02 Å². The van der Waals surface area contributed by atoms with E-state index in [-0.39, 0.29) is 5.69 Å². The number of nitrogens with one attached hydrogen (secondary N) is 1. The highest BCUT2D eigenvalue weighted by Gasteiger charge is 2.11. The largest absolute Gasteiger partial charge is 0.497 e. The van der Waals surface area contributed by atoms with Gasteiger partial charge in [-0.05, 0) is 24.3 Å². The van der Waals surface area contributed by atoms with Crippen molar-refractivity contribution in [2.75, 3.05) is 12.4 Å². The van der Waals surface area contributed by atoms with Crippen LogP contribution in [0.15, 0.2) is 36.4 Å². The van der Waals surface area contributed by atoms with Gasteiger partial charge in [-0.25, -0.2) is 4.98 Å². The van der Waals surface area contributed by atoms with Gasteiger partial charge < -0.3 is 10.1 Å². The van der Waals surface area contributed by atoms with Gasteiger partial charge in [-0.2, -0.15) is 4.39 Å². The predicted octanol–water partition coefficient (Wildman–Crippen LogP) is 3.14. The zero-order chi connectivity index (χ0) is 13.8. The quantitative estimate of drug-likeness (QED) is 0.879. The van der Waals surface area contributed by atoms with Crippen molar-refractivity contribution in [3.05, 3.63) is 53.1 Å². The third kappa shape index (κ3) is 3.20. The molecule has 1 aromatic heterocycles. The SMILES string of the molecule is COc1ccc(Cl)c(NC(=O)c2cccc(F)n2)c1.